The summed E-state index contributed by atoms with van der Waals surface area (Å²) in [6, 6.07) is 8.26. The number of hydrogen-bond acceptors (Lipinski definition) is 4. The Morgan fingerprint density at radius 1 is 1.14 bits per heavy atom. The summed E-state index contributed by atoms with van der Waals surface area (Å²) in [5, 5.41) is 6.11. The molecule has 0 spiro atoms. The molecule has 2 aromatic carbocycles. The van der Waals surface area contributed by atoms with Crippen LogP contribution in [-0.4, -0.2) is 40.8 Å². The molecule has 0 radical (unpaired) electrons. The fourth-order valence-corrected chi connectivity index (χ4v) is 3.53. The van der Waals surface area contributed by atoms with Crippen LogP contribution >= 0.6 is 24.0 Å². The summed E-state index contributed by atoms with van der Waals surface area (Å²) in [5.74, 6) is -0.927. The van der Waals surface area contributed by atoms with Crippen LogP contribution in [-0.2, 0) is 16.4 Å². The molecule has 0 amide bonds. The first kappa shape index (κ1) is 25.1. The molecule has 0 heterocycles. The smallest absolute Gasteiger partial charge is 0.191 e. The number of benzene rings is 2. The zero-order chi connectivity index (χ0) is 20.7. The molecule has 0 fully saturated rings. The van der Waals surface area contributed by atoms with Crippen molar-refractivity contribution in [2.75, 3.05) is 26.5 Å². The molecular formula is C19H24F2IN3O3S. The van der Waals surface area contributed by atoms with Crippen LogP contribution in [0.25, 0.3) is 0 Å². The summed E-state index contributed by atoms with van der Waals surface area (Å²) in [6.45, 7) is 2.70. The van der Waals surface area contributed by atoms with Crippen LogP contribution in [0.15, 0.2) is 46.3 Å². The van der Waals surface area contributed by atoms with Crippen LogP contribution < -0.4 is 15.4 Å². The maximum Gasteiger partial charge on any atom is 0.191 e. The molecule has 6 nitrogen and oxygen atoms in total. The van der Waals surface area contributed by atoms with Gasteiger partial charge in [0.1, 0.15) is 12.4 Å². The standard InChI is InChI=1S/C19H23F2N3O3S.HI/c1-13-10-14(4-7-18(13)28(3,25)26)12-24-19(22-2)23-8-9-27-17-6-5-15(20)11-16(17)21;/h4-7,10-11H,8-9,12H2,1-3H3,(H2,22,23,24);1H. The highest BCUT2D eigenvalue weighted by molar-refractivity contribution is 14.0. The minimum absolute atomic E-state index is 0. The lowest BCUT2D eigenvalue weighted by molar-refractivity contribution is 0.304. The van der Waals surface area contributed by atoms with Gasteiger partial charge in [0.25, 0.3) is 0 Å². The Labute approximate surface area is 186 Å². The Balaban J connectivity index is 0.00000420. The molecule has 0 aromatic heterocycles. The summed E-state index contributed by atoms with van der Waals surface area (Å²) < 4.78 is 54.9. The molecular weight excluding hydrogens is 515 g/mol. The van der Waals surface area contributed by atoms with Gasteiger partial charge in [-0.25, -0.2) is 17.2 Å². The van der Waals surface area contributed by atoms with E-state index in [0.717, 1.165) is 17.7 Å². The predicted molar refractivity (Wildman–Crippen MR) is 120 cm³/mol. The number of rotatable bonds is 7. The van der Waals surface area contributed by atoms with E-state index in [0.29, 0.717) is 29.5 Å². The first-order valence-electron chi connectivity index (χ1n) is 8.52. The van der Waals surface area contributed by atoms with Gasteiger partial charge in [0, 0.05) is 25.9 Å². The normalized spacial score (nSPS) is 11.6. The van der Waals surface area contributed by atoms with Crippen molar-refractivity contribution in [1.82, 2.24) is 10.6 Å². The number of aryl methyl sites for hydroxylation is 1. The molecule has 2 aromatic rings. The molecule has 0 atom stereocenters. The summed E-state index contributed by atoms with van der Waals surface area (Å²) in [7, 11) is -1.64. The van der Waals surface area contributed by atoms with Crippen LogP contribution in [0, 0.1) is 18.6 Å². The van der Waals surface area contributed by atoms with Gasteiger partial charge in [0.15, 0.2) is 27.4 Å². The van der Waals surface area contributed by atoms with E-state index in [9.17, 15) is 17.2 Å². The lowest BCUT2D eigenvalue weighted by atomic mass is 10.1. The number of nitrogens with zero attached hydrogens (tertiary/aromatic N) is 1. The van der Waals surface area contributed by atoms with Gasteiger partial charge >= 0.3 is 0 Å². The number of ether oxygens (including phenoxy) is 1. The van der Waals surface area contributed by atoms with Crippen molar-refractivity contribution < 1.29 is 21.9 Å². The van der Waals surface area contributed by atoms with Gasteiger partial charge in [-0.2, -0.15) is 0 Å². The van der Waals surface area contributed by atoms with Crippen LogP contribution in [0.1, 0.15) is 11.1 Å². The summed E-state index contributed by atoms with van der Waals surface area (Å²) in [4.78, 5) is 4.38. The van der Waals surface area contributed by atoms with E-state index in [1.807, 2.05) is 0 Å². The number of nitrogens with one attached hydrogen (secondary N) is 2. The Morgan fingerprint density at radius 3 is 2.45 bits per heavy atom. The van der Waals surface area contributed by atoms with Crippen LogP contribution in [0.2, 0.25) is 0 Å². The van der Waals surface area contributed by atoms with E-state index in [-0.39, 0.29) is 36.3 Å². The Kier molecular flexibility index (Phi) is 9.77. The first-order valence-corrected chi connectivity index (χ1v) is 10.4. The van der Waals surface area contributed by atoms with Crippen molar-refractivity contribution >= 4 is 39.8 Å². The first-order chi connectivity index (χ1) is 13.2. The zero-order valence-electron chi connectivity index (χ0n) is 16.3. The average molecular weight is 539 g/mol. The van der Waals surface area contributed by atoms with Gasteiger partial charge in [-0.15, -0.1) is 24.0 Å². The van der Waals surface area contributed by atoms with Crippen molar-refractivity contribution in [2.24, 2.45) is 4.99 Å². The Bertz CT molecular complexity index is 969. The fraction of sp³-hybridized carbons (Fsp3) is 0.316. The minimum atomic E-state index is -3.25. The minimum Gasteiger partial charge on any atom is -0.489 e. The lowest BCUT2D eigenvalue weighted by Gasteiger charge is -2.13. The van der Waals surface area contributed by atoms with Crippen molar-refractivity contribution in [3.8, 4) is 5.75 Å². The molecule has 0 bridgehead atoms. The van der Waals surface area contributed by atoms with Crippen molar-refractivity contribution in [3.63, 3.8) is 0 Å². The van der Waals surface area contributed by atoms with Crippen molar-refractivity contribution in [2.45, 2.75) is 18.4 Å². The molecule has 0 saturated heterocycles. The van der Waals surface area contributed by atoms with Gasteiger partial charge in [0.05, 0.1) is 11.4 Å². The number of halogens is 3. The van der Waals surface area contributed by atoms with Crippen LogP contribution in [0.3, 0.4) is 0 Å². The van der Waals surface area contributed by atoms with E-state index < -0.39 is 21.5 Å². The monoisotopic (exact) mass is 539 g/mol. The molecule has 2 N–H and O–H groups in total. The second-order valence-electron chi connectivity index (χ2n) is 6.15. The number of aliphatic imine (C=N–C) groups is 1. The third-order valence-corrected chi connectivity index (χ3v) is 5.13. The predicted octanol–water partition coefficient (Wildman–Crippen LogP) is 3.04. The van der Waals surface area contributed by atoms with E-state index in [1.165, 1.54) is 12.3 Å². The van der Waals surface area contributed by atoms with Gasteiger partial charge in [-0.1, -0.05) is 12.1 Å². The van der Waals surface area contributed by atoms with Crippen molar-refractivity contribution in [1.29, 1.82) is 0 Å². The number of guanidine groups is 1. The third kappa shape index (κ3) is 7.77. The lowest BCUT2D eigenvalue weighted by Crippen LogP contribution is -2.38. The second kappa shape index (κ2) is 11.3. The van der Waals surface area contributed by atoms with E-state index in [1.54, 1.807) is 32.2 Å². The molecule has 10 heteroatoms. The van der Waals surface area contributed by atoms with E-state index >= 15 is 0 Å². The van der Waals surface area contributed by atoms with E-state index in [4.69, 9.17) is 4.74 Å². The summed E-state index contributed by atoms with van der Waals surface area (Å²) >= 11 is 0. The topological polar surface area (TPSA) is 79.8 Å². The second-order valence-corrected chi connectivity index (χ2v) is 8.13. The van der Waals surface area contributed by atoms with Gasteiger partial charge in [-0.05, 0) is 36.2 Å². The highest BCUT2D eigenvalue weighted by atomic mass is 127. The van der Waals surface area contributed by atoms with Gasteiger partial charge < -0.3 is 15.4 Å². The molecule has 0 saturated carbocycles. The summed E-state index contributed by atoms with van der Waals surface area (Å²) in [5.41, 5.74) is 1.58. The number of sulfone groups is 1. The van der Waals surface area contributed by atoms with Gasteiger partial charge in [-0.3, -0.25) is 4.99 Å². The van der Waals surface area contributed by atoms with E-state index in [2.05, 4.69) is 15.6 Å². The third-order valence-electron chi connectivity index (χ3n) is 3.87. The average Bonchev–Trinajstić information content (AvgIpc) is 2.61. The molecule has 2 rings (SSSR count). The SMILES string of the molecule is CN=C(NCCOc1ccc(F)cc1F)NCc1ccc(S(C)(=O)=O)c(C)c1.I. The molecule has 0 aliphatic rings. The molecule has 0 unspecified atom stereocenters. The highest BCUT2D eigenvalue weighted by Gasteiger charge is 2.11. The zero-order valence-corrected chi connectivity index (χ0v) is 19.5. The Morgan fingerprint density at radius 2 is 1.86 bits per heavy atom. The number of hydrogen-bond donors (Lipinski definition) is 2. The molecule has 0 aliphatic carbocycles. The largest absolute Gasteiger partial charge is 0.489 e. The van der Waals surface area contributed by atoms with Crippen molar-refractivity contribution in [3.05, 3.63) is 59.2 Å². The maximum atomic E-state index is 13.5. The maximum absolute atomic E-state index is 13.5. The Hall–Kier alpha value is -1.95. The van der Waals surface area contributed by atoms with Crippen LogP contribution in [0.4, 0.5) is 8.78 Å². The van der Waals surface area contributed by atoms with Gasteiger partial charge in [0.2, 0.25) is 0 Å². The highest BCUT2D eigenvalue weighted by Crippen LogP contribution is 2.17. The fourth-order valence-electron chi connectivity index (χ4n) is 2.57. The molecule has 160 valence electrons. The molecule has 0 aliphatic heterocycles. The molecule has 29 heavy (non-hydrogen) atoms. The van der Waals surface area contributed by atoms with Crippen LogP contribution in [0.5, 0.6) is 5.75 Å². The summed E-state index contributed by atoms with van der Waals surface area (Å²) in [6.07, 6.45) is 1.18. The quantitative estimate of drug-likeness (QED) is 0.245.